The molecule has 0 unspecified atom stereocenters. The molecule has 0 fully saturated rings. The Bertz CT molecular complexity index is 538. The van der Waals surface area contributed by atoms with Gasteiger partial charge < -0.3 is 28.7 Å². The third-order valence-electron chi connectivity index (χ3n) is 2.80. The van der Waals surface area contributed by atoms with Crippen LogP contribution in [0, 0.1) is 0 Å². The summed E-state index contributed by atoms with van der Waals surface area (Å²) in [5, 5.41) is 0. The minimum Gasteiger partial charge on any atom is -1.00 e. The highest BCUT2D eigenvalue weighted by molar-refractivity contribution is 6.99. The minimum atomic E-state index is 0. The summed E-state index contributed by atoms with van der Waals surface area (Å²) in [7, 11) is 1.98. The summed E-state index contributed by atoms with van der Waals surface area (Å²) in [6, 6.07) is 4.00. The van der Waals surface area contributed by atoms with Gasteiger partial charge in [0.25, 0.3) is 5.88 Å². The van der Waals surface area contributed by atoms with Crippen molar-refractivity contribution in [1.29, 1.82) is 0 Å². The number of ether oxygens (including phenoxy) is 1. The molecule has 0 N–H and O–H groups in total. The van der Waals surface area contributed by atoms with Gasteiger partial charge in [0.1, 0.15) is 7.05 Å². The minimum absolute atomic E-state index is 0. The monoisotopic (exact) mass is 406 g/mol. The van der Waals surface area contributed by atoms with Gasteiger partial charge in [-0.1, -0.05) is 26.2 Å². The van der Waals surface area contributed by atoms with Crippen LogP contribution in [0.3, 0.4) is 0 Å². The summed E-state index contributed by atoms with van der Waals surface area (Å²) in [4.78, 5) is 0. The van der Waals surface area contributed by atoms with Crippen LogP contribution >= 0.6 is 11.7 Å². The highest BCUT2D eigenvalue weighted by atomic mass is 127. The van der Waals surface area contributed by atoms with Crippen molar-refractivity contribution in [2.75, 3.05) is 6.61 Å². The molecule has 2 aromatic rings. The first-order valence-corrected chi connectivity index (χ1v) is 7.24. The van der Waals surface area contributed by atoms with Gasteiger partial charge in [-0.25, -0.2) is 4.57 Å². The number of aromatic nitrogens is 3. The lowest BCUT2D eigenvalue weighted by atomic mass is 10.2. The first-order valence-electron chi connectivity index (χ1n) is 7.22. The van der Waals surface area contributed by atoms with E-state index in [-0.39, 0.29) is 24.0 Å². The Labute approximate surface area is 142 Å². The van der Waals surface area contributed by atoms with E-state index in [2.05, 4.69) is 8.75 Å². The van der Waals surface area contributed by atoms with Crippen LogP contribution in [0.1, 0.15) is 34.0 Å². The average molecular weight is 406 g/mol. The van der Waals surface area contributed by atoms with Gasteiger partial charge in [0.05, 0.1) is 23.9 Å². The summed E-state index contributed by atoms with van der Waals surface area (Å²) >= 11 is 1.18. The number of hydrogen-bond donors (Lipinski definition) is 0. The molecule has 0 aliphatic rings. The summed E-state index contributed by atoms with van der Waals surface area (Å²) < 4.78 is 23.4. The number of aryl methyl sites for hydroxylation is 1. The van der Waals surface area contributed by atoms with E-state index in [0.717, 1.165) is 36.9 Å². The molecule has 0 aliphatic carbocycles. The van der Waals surface area contributed by atoms with E-state index in [1.165, 1.54) is 11.7 Å². The normalized spacial score (nSPS) is 10.8. The molecular formula is C14H20IN3OS. The molecule has 0 atom stereocenters. The Balaban J connectivity index is 0.00000220. The second-order valence-corrected chi connectivity index (χ2v) is 4.97. The maximum atomic E-state index is 7.09. The molecule has 20 heavy (non-hydrogen) atoms. The Morgan fingerprint density at radius 3 is 3.05 bits per heavy atom. The van der Waals surface area contributed by atoms with E-state index in [4.69, 9.17) is 6.11 Å². The molecule has 2 aromatic heterocycles. The van der Waals surface area contributed by atoms with Crippen molar-refractivity contribution in [3.8, 4) is 17.1 Å². The second kappa shape index (κ2) is 9.23. The molecule has 0 saturated carbocycles. The Morgan fingerprint density at radius 2 is 2.25 bits per heavy atom. The molecule has 110 valence electrons. The third kappa shape index (κ3) is 4.97. The quantitative estimate of drug-likeness (QED) is 0.369. The maximum Gasteiger partial charge on any atom is 0.254 e. The SMILES string of the molecule is [2H]CCCCCCOc1nsnc1-c1ccc[n+](C)c1.[I-]. The smallest absolute Gasteiger partial charge is 0.254 e. The molecule has 4 nitrogen and oxygen atoms in total. The van der Waals surface area contributed by atoms with E-state index in [9.17, 15) is 0 Å². The van der Waals surface area contributed by atoms with Gasteiger partial charge in [-0.15, -0.1) is 4.37 Å². The topological polar surface area (TPSA) is 38.9 Å². The number of hydrogen-bond acceptors (Lipinski definition) is 4. The fourth-order valence-corrected chi connectivity index (χ4v) is 2.32. The van der Waals surface area contributed by atoms with Gasteiger partial charge in [0, 0.05) is 7.44 Å². The predicted molar refractivity (Wildman–Crippen MR) is 76.2 cm³/mol. The van der Waals surface area contributed by atoms with Crippen molar-refractivity contribution in [2.24, 2.45) is 7.05 Å². The van der Waals surface area contributed by atoms with Crippen LogP contribution in [0.25, 0.3) is 11.3 Å². The Morgan fingerprint density at radius 1 is 1.35 bits per heavy atom. The fourth-order valence-electron chi connectivity index (χ4n) is 1.80. The van der Waals surface area contributed by atoms with Crippen LogP contribution in [0.5, 0.6) is 5.88 Å². The number of rotatable bonds is 7. The molecule has 0 bridgehead atoms. The zero-order valence-electron chi connectivity index (χ0n) is 12.6. The second-order valence-electron chi connectivity index (χ2n) is 4.44. The maximum absolute atomic E-state index is 7.09. The first-order chi connectivity index (χ1) is 9.81. The summed E-state index contributed by atoms with van der Waals surface area (Å²) in [5.41, 5.74) is 1.84. The molecule has 2 rings (SSSR count). The van der Waals surface area contributed by atoms with Gasteiger partial charge in [-0.2, -0.15) is 4.37 Å². The van der Waals surface area contributed by atoms with Crippen LogP contribution in [0.2, 0.25) is 0 Å². The zero-order valence-corrected chi connectivity index (χ0v) is 14.6. The molecule has 6 heteroatoms. The van der Waals surface area contributed by atoms with Crippen molar-refractivity contribution in [2.45, 2.75) is 32.6 Å². The molecule has 0 amide bonds. The standard InChI is InChI=1S/C14H20N3OS.HI/c1-3-4-5-6-10-18-14-13(15-19-16-14)12-8-7-9-17(2)11-12;/h7-9,11H,3-6,10H2,1-2H3;1H/q+1;/p-1/i1D;. The lowest BCUT2D eigenvalue weighted by Crippen LogP contribution is -3.00. The Hall–Kier alpha value is -0.760. The zero-order chi connectivity index (χ0) is 14.2. The van der Waals surface area contributed by atoms with Gasteiger partial charge in [0.15, 0.2) is 18.1 Å². The van der Waals surface area contributed by atoms with Crippen LogP contribution in [0.15, 0.2) is 24.5 Å². The number of pyridine rings is 1. The molecular weight excluding hydrogens is 385 g/mol. The van der Waals surface area contributed by atoms with Gasteiger partial charge in [0.2, 0.25) is 0 Å². The van der Waals surface area contributed by atoms with E-state index >= 15 is 0 Å². The van der Waals surface area contributed by atoms with E-state index in [0.29, 0.717) is 19.4 Å². The summed E-state index contributed by atoms with van der Waals surface area (Å²) in [6.07, 6.45) is 8.17. The Kier molecular flexibility index (Phi) is 7.21. The van der Waals surface area contributed by atoms with E-state index in [1.54, 1.807) is 0 Å². The highest BCUT2D eigenvalue weighted by Crippen LogP contribution is 2.26. The summed E-state index contributed by atoms with van der Waals surface area (Å²) in [6.45, 7) is 1.18. The molecule has 2 heterocycles. The van der Waals surface area contributed by atoms with Crippen molar-refractivity contribution in [3.63, 3.8) is 0 Å². The molecule has 0 spiro atoms. The highest BCUT2D eigenvalue weighted by Gasteiger charge is 2.14. The van der Waals surface area contributed by atoms with Crippen LogP contribution in [-0.4, -0.2) is 15.4 Å². The first kappa shape index (κ1) is 15.6. The van der Waals surface area contributed by atoms with Crippen molar-refractivity contribution in [1.82, 2.24) is 8.75 Å². The predicted octanol–water partition coefficient (Wildman–Crippen LogP) is -0.00730. The third-order valence-corrected chi connectivity index (χ3v) is 3.32. The van der Waals surface area contributed by atoms with Crippen molar-refractivity contribution in [3.05, 3.63) is 24.5 Å². The van der Waals surface area contributed by atoms with E-state index < -0.39 is 0 Å². The summed E-state index contributed by atoms with van der Waals surface area (Å²) in [5.74, 6) is 0.627. The molecule has 0 aromatic carbocycles. The number of unbranched alkanes of at least 4 members (excludes halogenated alkanes) is 3. The molecule has 0 radical (unpaired) electrons. The largest absolute Gasteiger partial charge is 1.00 e. The number of halogens is 1. The number of nitrogens with zero attached hydrogens (tertiary/aromatic N) is 3. The van der Waals surface area contributed by atoms with Gasteiger partial charge in [-0.05, 0) is 12.5 Å². The van der Waals surface area contributed by atoms with Crippen LogP contribution in [-0.2, 0) is 7.05 Å². The fraction of sp³-hybridized carbons (Fsp3) is 0.500. The van der Waals surface area contributed by atoms with Crippen molar-refractivity contribution < 1.29 is 34.7 Å². The van der Waals surface area contributed by atoms with Crippen molar-refractivity contribution >= 4 is 11.7 Å². The lowest BCUT2D eigenvalue weighted by molar-refractivity contribution is -0.671. The van der Waals surface area contributed by atoms with E-state index in [1.807, 2.05) is 36.1 Å². The molecule has 0 saturated heterocycles. The average Bonchev–Trinajstić information content (AvgIpc) is 2.91. The lowest BCUT2D eigenvalue weighted by Gasteiger charge is -2.04. The van der Waals surface area contributed by atoms with Gasteiger partial charge in [-0.3, -0.25) is 0 Å². The van der Waals surface area contributed by atoms with Crippen LogP contribution in [0.4, 0.5) is 0 Å². The van der Waals surface area contributed by atoms with Gasteiger partial charge >= 0.3 is 0 Å². The van der Waals surface area contributed by atoms with Crippen LogP contribution < -0.4 is 33.3 Å². The molecule has 0 aliphatic heterocycles.